The first-order valence-electron chi connectivity index (χ1n) is 6.87. The van der Waals surface area contributed by atoms with E-state index in [2.05, 4.69) is 5.32 Å². The van der Waals surface area contributed by atoms with Gasteiger partial charge in [0, 0.05) is 11.4 Å². The molecular formula is C15H18ClNO3S. The standard InChI is InChI=1S/C15H18ClNO3S/c1-21-10-5-6-13(16)12(7-10)14(18)17-8-9-3-2-4-11(9)15(19)20/h5-7,9,11H,2-4,8H2,1H3,(H,17,18)(H,19,20). The van der Waals surface area contributed by atoms with Gasteiger partial charge in [0.15, 0.2) is 0 Å². The smallest absolute Gasteiger partial charge is 0.306 e. The van der Waals surface area contributed by atoms with Crippen LogP contribution in [0.3, 0.4) is 0 Å². The van der Waals surface area contributed by atoms with Gasteiger partial charge in [-0.3, -0.25) is 9.59 Å². The van der Waals surface area contributed by atoms with E-state index in [4.69, 9.17) is 16.7 Å². The summed E-state index contributed by atoms with van der Waals surface area (Å²) in [5, 5.41) is 12.4. The summed E-state index contributed by atoms with van der Waals surface area (Å²) >= 11 is 7.60. The fourth-order valence-electron chi connectivity index (χ4n) is 2.73. The number of carboxylic acids is 1. The number of carbonyl (C=O) groups excluding carboxylic acids is 1. The Hall–Kier alpha value is -1.20. The zero-order chi connectivity index (χ0) is 15.4. The number of nitrogens with one attached hydrogen (secondary N) is 1. The van der Waals surface area contributed by atoms with E-state index in [-0.39, 0.29) is 17.7 Å². The van der Waals surface area contributed by atoms with E-state index < -0.39 is 5.97 Å². The molecule has 0 aromatic heterocycles. The van der Waals surface area contributed by atoms with Crippen LogP contribution in [0.1, 0.15) is 29.6 Å². The molecule has 6 heteroatoms. The summed E-state index contributed by atoms with van der Waals surface area (Å²) in [4.78, 5) is 24.3. The fraction of sp³-hybridized carbons (Fsp3) is 0.467. The van der Waals surface area contributed by atoms with E-state index in [0.717, 1.165) is 17.7 Å². The number of carboxylic acid groups (broad SMARTS) is 1. The highest BCUT2D eigenvalue weighted by atomic mass is 35.5. The summed E-state index contributed by atoms with van der Waals surface area (Å²) in [6.07, 6.45) is 4.37. The van der Waals surface area contributed by atoms with Crippen molar-refractivity contribution in [1.82, 2.24) is 5.32 Å². The van der Waals surface area contributed by atoms with Crippen molar-refractivity contribution in [2.24, 2.45) is 11.8 Å². The molecule has 4 nitrogen and oxygen atoms in total. The fourth-order valence-corrected chi connectivity index (χ4v) is 3.37. The normalized spacial score (nSPS) is 21.2. The third kappa shape index (κ3) is 3.92. The molecule has 2 rings (SSSR count). The molecule has 1 aromatic carbocycles. The summed E-state index contributed by atoms with van der Waals surface area (Å²) in [7, 11) is 0. The van der Waals surface area contributed by atoms with E-state index in [9.17, 15) is 9.59 Å². The van der Waals surface area contributed by atoms with Gasteiger partial charge < -0.3 is 10.4 Å². The van der Waals surface area contributed by atoms with Crippen molar-refractivity contribution >= 4 is 35.2 Å². The number of thioether (sulfide) groups is 1. The molecule has 1 fully saturated rings. The van der Waals surface area contributed by atoms with E-state index >= 15 is 0 Å². The van der Waals surface area contributed by atoms with Crippen LogP contribution < -0.4 is 5.32 Å². The van der Waals surface area contributed by atoms with Gasteiger partial charge in [0.05, 0.1) is 16.5 Å². The topological polar surface area (TPSA) is 66.4 Å². The van der Waals surface area contributed by atoms with Gasteiger partial charge in [-0.25, -0.2) is 0 Å². The Morgan fingerprint density at radius 1 is 1.43 bits per heavy atom. The molecule has 0 spiro atoms. The number of carbonyl (C=O) groups is 2. The predicted molar refractivity (Wildman–Crippen MR) is 84.0 cm³/mol. The second kappa shape index (κ2) is 7.18. The molecule has 1 aliphatic carbocycles. The van der Waals surface area contributed by atoms with Crippen molar-refractivity contribution in [2.45, 2.75) is 24.2 Å². The van der Waals surface area contributed by atoms with Crippen LogP contribution in [0.2, 0.25) is 5.02 Å². The molecule has 2 unspecified atom stereocenters. The van der Waals surface area contributed by atoms with E-state index in [0.29, 0.717) is 23.6 Å². The Bertz CT molecular complexity index is 550. The van der Waals surface area contributed by atoms with Gasteiger partial charge in [0.1, 0.15) is 0 Å². The lowest BCUT2D eigenvalue weighted by Crippen LogP contribution is -2.33. The van der Waals surface area contributed by atoms with Crippen molar-refractivity contribution in [1.29, 1.82) is 0 Å². The number of rotatable bonds is 5. The van der Waals surface area contributed by atoms with Gasteiger partial charge in [-0.1, -0.05) is 18.0 Å². The first kappa shape index (κ1) is 16.2. The first-order valence-corrected chi connectivity index (χ1v) is 8.47. The average molecular weight is 328 g/mol. The zero-order valence-electron chi connectivity index (χ0n) is 11.8. The summed E-state index contributed by atoms with van der Waals surface area (Å²) in [5.41, 5.74) is 0.438. The number of aliphatic carboxylic acids is 1. The Morgan fingerprint density at radius 2 is 2.19 bits per heavy atom. The lowest BCUT2D eigenvalue weighted by molar-refractivity contribution is -0.142. The Kier molecular flexibility index (Phi) is 5.53. The number of halogens is 1. The Balaban J connectivity index is 2.00. The summed E-state index contributed by atoms with van der Waals surface area (Å²) in [6, 6.07) is 5.32. The third-order valence-corrected chi connectivity index (χ3v) is 4.97. The number of hydrogen-bond acceptors (Lipinski definition) is 3. The van der Waals surface area contributed by atoms with Crippen molar-refractivity contribution in [2.75, 3.05) is 12.8 Å². The Labute approximate surface area is 133 Å². The van der Waals surface area contributed by atoms with Crippen LogP contribution in [0.5, 0.6) is 0 Å². The van der Waals surface area contributed by atoms with Crippen molar-refractivity contribution in [3.63, 3.8) is 0 Å². The highest BCUT2D eigenvalue weighted by Crippen LogP contribution is 2.31. The maximum absolute atomic E-state index is 12.2. The first-order chi connectivity index (χ1) is 10.0. The van der Waals surface area contributed by atoms with Crippen LogP contribution in [-0.2, 0) is 4.79 Å². The molecule has 0 heterocycles. The number of hydrogen-bond donors (Lipinski definition) is 2. The average Bonchev–Trinajstić information content (AvgIpc) is 2.94. The quantitative estimate of drug-likeness (QED) is 0.814. The van der Waals surface area contributed by atoms with Gasteiger partial charge in [-0.05, 0) is 43.2 Å². The minimum Gasteiger partial charge on any atom is -0.481 e. The predicted octanol–water partition coefficient (Wildman–Crippen LogP) is 3.29. The largest absolute Gasteiger partial charge is 0.481 e. The van der Waals surface area contributed by atoms with Gasteiger partial charge in [0.25, 0.3) is 5.91 Å². The highest BCUT2D eigenvalue weighted by Gasteiger charge is 2.32. The summed E-state index contributed by atoms with van der Waals surface area (Å²) in [6.45, 7) is 0.385. The minimum absolute atomic E-state index is 0.00829. The SMILES string of the molecule is CSc1ccc(Cl)c(C(=O)NCC2CCCC2C(=O)O)c1. The molecule has 21 heavy (non-hydrogen) atoms. The minimum atomic E-state index is -0.769. The van der Waals surface area contributed by atoms with Gasteiger partial charge in [-0.2, -0.15) is 0 Å². The summed E-state index contributed by atoms with van der Waals surface area (Å²) in [5.74, 6) is -1.35. The number of amides is 1. The molecular weight excluding hydrogens is 310 g/mol. The van der Waals surface area contributed by atoms with Crippen LogP contribution in [0.25, 0.3) is 0 Å². The molecule has 114 valence electrons. The van der Waals surface area contributed by atoms with Crippen molar-refractivity contribution < 1.29 is 14.7 Å². The molecule has 0 saturated heterocycles. The lowest BCUT2D eigenvalue weighted by atomic mass is 9.96. The van der Waals surface area contributed by atoms with Crippen molar-refractivity contribution in [3.05, 3.63) is 28.8 Å². The van der Waals surface area contributed by atoms with Gasteiger partial charge in [-0.15, -0.1) is 11.8 Å². The van der Waals surface area contributed by atoms with Gasteiger partial charge >= 0.3 is 5.97 Å². The highest BCUT2D eigenvalue weighted by molar-refractivity contribution is 7.98. The van der Waals surface area contributed by atoms with E-state index in [1.165, 1.54) is 0 Å². The molecule has 0 radical (unpaired) electrons. The molecule has 0 aliphatic heterocycles. The van der Waals surface area contributed by atoms with E-state index in [1.807, 2.05) is 12.3 Å². The van der Waals surface area contributed by atoms with Crippen LogP contribution in [0.4, 0.5) is 0 Å². The van der Waals surface area contributed by atoms with Crippen LogP contribution in [-0.4, -0.2) is 29.8 Å². The maximum atomic E-state index is 12.2. The molecule has 1 aliphatic rings. The zero-order valence-corrected chi connectivity index (χ0v) is 13.3. The summed E-state index contributed by atoms with van der Waals surface area (Å²) < 4.78 is 0. The van der Waals surface area contributed by atoms with Gasteiger partial charge in [0.2, 0.25) is 0 Å². The van der Waals surface area contributed by atoms with Crippen LogP contribution in [0.15, 0.2) is 23.1 Å². The van der Waals surface area contributed by atoms with E-state index in [1.54, 1.807) is 23.9 Å². The molecule has 1 aromatic rings. The van der Waals surface area contributed by atoms with Crippen LogP contribution in [0, 0.1) is 11.8 Å². The second-order valence-electron chi connectivity index (χ2n) is 5.19. The maximum Gasteiger partial charge on any atom is 0.306 e. The molecule has 2 atom stereocenters. The van der Waals surface area contributed by atoms with Crippen LogP contribution >= 0.6 is 23.4 Å². The molecule has 1 saturated carbocycles. The lowest BCUT2D eigenvalue weighted by Gasteiger charge is -2.16. The van der Waals surface area contributed by atoms with Crippen molar-refractivity contribution in [3.8, 4) is 0 Å². The molecule has 0 bridgehead atoms. The third-order valence-electron chi connectivity index (χ3n) is 3.92. The monoisotopic (exact) mass is 327 g/mol. The number of benzene rings is 1. The Morgan fingerprint density at radius 3 is 2.86 bits per heavy atom. The second-order valence-corrected chi connectivity index (χ2v) is 6.48. The molecule has 2 N–H and O–H groups in total. The molecule has 1 amide bonds.